The molecule has 2 fully saturated rings. The first-order chi connectivity index (χ1) is 22.9. The monoisotopic (exact) mass is 652 g/mol. The molecule has 3 amide bonds. The zero-order chi connectivity index (χ0) is 32.8. The molecular formula is C37H36N2O7S. The van der Waals surface area contributed by atoms with Crippen LogP contribution in [0.2, 0.25) is 0 Å². The van der Waals surface area contributed by atoms with Crippen molar-refractivity contribution in [2.45, 2.75) is 56.0 Å². The van der Waals surface area contributed by atoms with Gasteiger partial charge in [-0.3, -0.25) is 9.59 Å². The van der Waals surface area contributed by atoms with Crippen molar-refractivity contribution in [3.63, 3.8) is 0 Å². The van der Waals surface area contributed by atoms with Crippen LogP contribution in [0, 0.1) is 5.92 Å². The van der Waals surface area contributed by atoms with Crippen molar-refractivity contribution in [1.29, 1.82) is 0 Å². The predicted molar refractivity (Wildman–Crippen MR) is 177 cm³/mol. The number of benzene rings is 4. The number of amides is 3. The molecule has 0 spiro atoms. The van der Waals surface area contributed by atoms with E-state index in [-0.39, 0.29) is 37.8 Å². The second-order valence-corrected chi connectivity index (χ2v) is 12.7. The maximum absolute atomic E-state index is 13.4. The van der Waals surface area contributed by atoms with Crippen LogP contribution in [0.4, 0.5) is 10.5 Å². The second-order valence-electron chi connectivity index (χ2n) is 11.6. The number of hydrogen-bond donors (Lipinski definition) is 2. The van der Waals surface area contributed by atoms with Gasteiger partial charge >= 0.3 is 6.09 Å². The molecule has 4 aromatic carbocycles. The number of anilines is 1. The number of carbonyl (C=O) groups is 3. The number of alkyl carbamates (subject to hydrolysis) is 1. The Labute approximate surface area is 277 Å². The van der Waals surface area contributed by atoms with Gasteiger partial charge in [0.25, 0.3) is 5.91 Å². The Kier molecular flexibility index (Phi) is 10.3. The highest BCUT2D eigenvalue weighted by atomic mass is 32.2. The van der Waals surface area contributed by atoms with Gasteiger partial charge in [-0.2, -0.15) is 0 Å². The van der Waals surface area contributed by atoms with Gasteiger partial charge in [0.15, 0.2) is 6.29 Å². The summed E-state index contributed by atoms with van der Waals surface area (Å²) < 4.78 is 18.4. The Morgan fingerprint density at radius 2 is 1.62 bits per heavy atom. The number of ether oxygens (including phenoxy) is 3. The number of aliphatic hydroxyl groups excluding tert-OH is 1. The van der Waals surface area contributed by atoms with Crippen LogP contribution < -0.4 is 10.2 Å². The third-order valence-corrected chi connectivity index (χ3v) is 9.43. The lowest BCUT2D eigenvalue weighted by molar-refractivity contribution is -0.268. The summed E-state index contributed by atoms with van der Waals surface area (Å²) in [5.41, 5.74) is 3.60. The molecule has 0 bridgehead atoms. The highest BCUT2D eigenvalue weighted by Gasteiger charge is 2.42. The molecule has 10 heteroatoms. The molecule has 2 N–H and O–H groups in total. The minimum absolute atomic E-state index is 0.000776. The summed E-state index contributed by atoms with van der Waals surface area (Å²) in [5.74, 6) is -0.284. The van der Waals surface area contributed by atoms with Crippen LogP contribution in [0.5, 0.6) is 0 Å². The molecular weight excluding hydrogens is 616 g/mol. The van der Waals surface area contributed by atoms with Gasteiger partial charge in [0.05, 0.1) is 30.9 Å². The Balaban J connectivity index is 1.18. The highest BCUT2D eigenvalue weighted by Crippen LogP contribution is 2.43. The Hall–Kier alpha value is -4.48. The number of carbonyl (C=O) groups excluding carboxylic acids is 3. The van der Waals surface area contributed by atoms with Crippen molar-refractivity contribution >= 4 is 35.4 Å². The maximum atomic E-state index is 13.4. The number of nitrogens with zero attached hydrogens (tertiary/aromatic N) is 1. The van der Waals surface area contributed by atoms with Crippen LogP contribution in [0.1, 0.15) is 48.0 Å². The summed E-state index contributed by atoms with van der Waals surface area (Å²) in [7, 11) is 0. The summed E-state index contributed by atoms with van der Waals surface area (Å²) >= 11 is 1.71. The van der Waals surface area contributed by atoms with Crippen LogP contribution in [0.15, 0.2) is 114 Å². The molecule has 0 saturated carbocycles. The van der Waals surface area contributed by atoms with Crippen molar-refractivity contribution in [3.05, 3.63) is 131 Å². The summed E-state index contributed by atoms with van der Waals surface area (Å²) in [6.07, 6.45) is -2.22. The molecule has 2 aliphatic rings. The minimum atomic E-state index is -1.04. The molecule has 9 nitrogen and oxygen atoms in total. The maximum Gasteiger partial charge on any atom is 0.408 e. The van der Waals surface area contributed by atoms with Gasteiger partial charge < -0.3 is 24.6 Å². The van der Waals surface area contributed by atoms with E-state index in [0.717, 1.165) is 26.5 Å². The van der Waals surface area contributed by atoms with Crippen molar-refractivity contribution in [3.8, 4) is 0 Å². The van der Waals surface area contributed by atoms with Crippen LogP contribution in [0.3, 0.4) is 0 Å². The van der Waals surface area contributed by atoms with E-state index in [2.05, 4.69) is 24.4 Å². The third-order valence-electron chi connectivity index (χ3n) is 8.33. The molecule has 4 aromatic rings. The van der Waals surface area contributed by atoms with E-state index in [1.165, 1.54) is 0 Å². The van der Waals surface area contributed by atoms with Crippen LogP contribution in [-0.2, 0) is 37.0 Å². The zero-order valence-electron chi connectivity index (χ0n) is 25.9. The van der Waals surface area contributed by atoms with E-state index in [1.54, 1.807) is 30.0 Å². The Morgan fingerprint density at radius 1 is 0.894 bits per heavy atom. The number of nitrogens with one attached hydrogen (secondary N) is 1. The Morgan fingerprint density at radius 3 is 2.34 bits per heavy atom. The SMILES string of the molecule is C[C@H]1[C@@H](CSc2ccccc2)O[C@@H](c2cccc(N3C(=O)CC(NC(=O)OCc4ccccc4)C3=O)c2)O[C@H]1c1ccc(CO)cc1. The van der Waals surface area contributed by atoms with Crippen LogP contribution >= 0.6 is 11.8 Å². The van der Waals surface area contributed by atoms with Gasteiger partial charge in [-0.1, -0.05) is 91.9 Å². The number of rotatable bonds is 10. The second kappa shape index (κ2) is 15.0. The normalized spacial score (nSPS) is 22.7. The molecule has 0 radical (unpaired) electrons. The summed E-state index contributed by atoms with van der Waals surface area (Å²) in [6.45, 7) is 2.10. The molecule has 0 aliphatic carbocycles. The highest BCUT2D eigenvalue weighted by molar-refractivity contribution is 7.99. The number of aliphatic hydroxyl groups is 1. The van der Waals surface area contributed by atoms with Crippen molar-refractivity contribution in [2.75, 3.05) is 10.7 Å². The van der Waals surface area contributed by atoms with E-state index < -0.39 is 30.2 Å². The fourth-order valence-corrected chi connectivity index (χ4v) is 6.83. The zero-order valence-corrected chi connectivity index (χ0v) is 26.7. The lowest BCUT2D eigenvalue weighted by Crippen LogP contribution is -2.42. The number of imide groups is 1. The standard InChI is InChI=1S/C37H36N2O7S/c1-24-32(23-47-30-13-6-3-7-14-30)45-36(46-34(24)27-17-15-25(21-40)16-18-27)28-11-8-12-29(19-28)39-33(41)20-31(35(39)42)38-37(43)44-22-26-9-4-2-5-10-26/h2-19,24,31-32,34,36,40H,20-23H2,1H3,(H,38,43)/t24-,31?,32+,34+,36+/m0/s1. The molecule has 6 rings (SSSR count). The average molecular weight is 653 g/mol. The van der Waals surface area contributed by atoms with Gasteiger partial charge in [0.1, 0.15) is 12.6 Å². The number of thioether (sulfide) groups is 1. The molecule has 2 aliphatic heterocycles. The molecule has 242 valence electrons. The molecule has 5 atom stereocenters. The van der Waals surface area contributed by atoms with E-state index in [0.29, 0.717) is 17.0 Å². The van der Waals surface area contributed by atoms with Gasteiger partial charge in [-0.25, -0.2) is 9.69 Å². The summed E-state index contributed by atoms with van der Waals surface area (Å²) in [4.78, 5) is 41.1. The molecule has 2 heterocycles. The van der Waals surface area contributed by atoms with Gasteiger partial charge in [-0.05, 0) is 41.0 Å². The minimum Gasteiger partial charge on any atom is -0.445 e. The third kappa shape index (κ3) is 7.74. The van der Waals surface area contributed by atoms with E-state index in [9.17, 15) is 19.5 Å². The largest absolute Gasteiger partial charge is 0.445 e. The van der Waals surface area contributed by atoms with Crippen molar-refractivity contribution < 1.29 is 33.7 Å². The molecule has 0 aromatic heterocycles. The van der Waals surface area contributed by atoms with Gasteiger partial charge in [0, 0.05) is 22.1 Å². The first-order valence-corrected chi connectivity index (χ1v) is 16.5. The van der Waals surface area contributed by atoms with E-state index in [1.807, 2.05) is 78.9 Å². The van der Waals surface area contributed by atoms with Crippen molar-refractivity contribution in [1.82, 2.24) is 5.32 Å². The first kappa shape index (κ1) is 32.5. The van der Waals surface area contributed by atoms with Crippen LogP contribution in [0.25, 0.3) is 0 Å². The van der Waals surface area contributed by atoms with Crippen molar-refractivity contribution in [2.24, 2.45) is 5.92 Å². The summed E-state index contributed by atoms with van der Waals surface area (Å²) in [6, 6.07) is 33.0. The quantitative estimate of drug-likeness (QED) is 0.151. The average Bonchev–Trinajstić information content (AvgIpc) is 3.39. The Bertz CT molecular complexity index is 1690. The topological polar surface area (TPSA) is 114 Å². The smallest absolute Gasteiger partial charge is 0.408 e. The number of hydrogen-bond acceptors (Lipinski definition) is 8. The molecule has 1 unspecified atom stereocenters. The summed E-state index contributed by atoms with van der Waals surface area (Å²) in [5, 5.41) is 12.1. The van der Waals surface area contributed by atoms with Gasteiger partial charge in [0.2, 0.25) is 5.91 Å². The molecule has 2 saturated heterocycles. The lowest BCUT2D eigenvalue weighted by atomic mass is 9.91. The fourth-order valence-electron chi connectivity index (χ4n) is 5.74. The lowest BCUT2D eigenvalue weighted by Gasteiger charge is -2.41. The van der Waals surface area contributed by atoms with E-state index in [4.69, 9.17) is 14.2 Å². The van der Waals surface area contributed by atoms with Gasteiger partial charge in [-0.15, -0.1) is 11.8 Å². The predicted octanol–water partition coefficient (Wildman–Crippen LogP) is 6.32. The first-order valence-electron chi connectivity index (χ1n) is 15.5. The van der Waals surface area contributed by atoms with Crippen LogP contribution in [-0.4, -0.2) is 40.9 Å². The van der Waals surface area contributed by atoms with E-state index >= 15 is 0 Å². The molecule has 47 heavy (non-hydrogen) atoms. The fraction of sp³-hybridized carbons (Fsp3) is 0.270.